The van der Waals surface area contributed by atoms with Crippen LogP contribution in [0.25, 0.3) is 0 Å². The number of hydrogen-bond donors (Lipinski definition) is 1. The molecule has 0 aliphatic rings. The van der Waals surface area contributed by atoms with Crippen molar-refractivity contribution in [3.63, 3.8) is 0 Å². The van der Waals surface area contributed by atoms with Gasteiger partial charge in [-0.15, -0.1) is 0 Å². The molecular weight excluding hydrogens is 403 g/mol. The summed E-state index contributed by atoms with van der Waals surface area (Å²) >= 11 is 0. The summed E-state index contributed by atoms with van der Waals surface area (Å²) in [5, 5.41) is 2.52. The Balaban J connectivity index is 2.09. The molecule has 0 spiro atoms. The number of halogens is 7. The number of benzene rings is 2. The first kappa shape index (κ1) is 22.7. The van der Waals surface area contributed by atoms with E-state index < -0.39 is 29.5 Å². The molecule has 0 aliphatic carbocycles. The van der Waals surface area contributed by atoms with E-state index in [0.29, 0.717) is 18.6 Å². The molecule has 2 aromatic rings. The Morgan fingerprint density at radius 3 is 1.86 bits per heavy atom. The lowest BCUT2D eigenvalue weighted by molar-refractivity contribution is -0.348. The summed E-state index contributed by atoms with van der Waals surface area (Å²) in [5.74, 6) is -0.691. The van der Waals surface area contributed by atoms with Crippen molar-refractivity contribution in [1.82, 2.24) is 5.32 Å². The zero-order chi connectivity index (χ0) is 22.0. The first-order valence-corrected chi connectivity index (χ1v) is 8.54. The van der Waals surface area contributed by atoms with E-state index in [1.165, 1.54) is 0 Å². The highest BCUT2D eigenvalue weighted by molar-refractivity contribution is 5.94. The molecule has 0 atom stereocenters. The zero-order valence-corrected chi connectivity index (χ0v) is 15.5. The van der Waals surface area contributed by atoms with Gasteiger partial charge in [-0.1, -0.05) is 30.3 Å². The minimum absolute atomic E-state index is 0.180. The van der Waals surface area contributed by atoms with Crippen molar-refractivity contribution in [2.75, 3.05) is 6.54 Å². The van der Waals surface area contributed by atoms with Crippen molar-refractivity contribution < 1.29 is 35.5 Å². The molecular formula is C20H18F7NO. The van der Waals surface area contributed by atoms with Crippen molar-refractivity contribution >= 4 is 5.91 Å². The molecule has 0 saturated carbocycles. The number of rotatable bonds is 5. The third-order valence-electron chi connectivity index (χ3n) is 4.60. The Morgan fingerprint density at radius 2 is 1.38 bits per heavy atom. The molecule has 0 fully saturated rings. The lowest BCUT2D eigenvalue weighted by atomic mass is 9.93. The molecule has 1 N–H and O–H groups in total. The molecule has 0 aromatic heterocycles. The van der Waals surface area contributed by atoms with Gasteiger partial charge in [0.25, 0.3) is 5.91 Å². The highest BCUT2D eigenvalue weighted by Crippen LogP contribution is 2.53. The molecule has 29 heavy (non-hydrogen) atoms. The SMILES string of the molecule is Cc1ccc(CCNC(=O)c2ccc(C(F)(C(F)(F)F)C(F)(F)F)cc2)cc1C. The van der Waals surface area contributed by atoms with Crippen LogP contribution in [0.5, 0.6) is 0 Å². The zero-order valence-electron chi connectivity index (χ0n) is 15.5. The maximum Gasteiger partial charge on any atom is 0.435 e. The summed E-state index contributed by atoms with van der Waals surface area (Å²) in [5.41, 5.74) is -4.18. The lowest BCUT2D eigenvalue weighted by Gasteiger charge is -2.30. The van der Waals surface area contributed by atoms with Crippen LogP contribution < -0.4 is 5.32 Å². The second-order valence-electron chi connectivity index (χ2n) is 6.66. The van der Waals surface area contributed by atoms with Crippen LogP contribution in [0, 0.1) is 13.8 Å². The predicted octanol–water partition coefficient (Wildman–Crippen LogP) is 5.57. The number of amides is 1. The highest BCUT2D eigenvalue weighted by atomic mass is 19.4. The van der Waals surface area contributed by atoms with E-state index >= 15 is 0 Å². The normalized spacial score (nSPS) is 12.7. The summed E-state index contributed by atoms with van der Waals surface area (Å²) in [6, 6.07) is 7.86. The molecule has 0 bridgehead atoms. The maximum absolute atomic E-state index is 14.0. The van der Waals surface area contributed by atoms with Gasteiger partial charge in [-0.25, -0.2) is 4.39 Å². The van der Waals surface area contributed by atoms with Crippen LogP contribution in [-0.2, 0) is 12.1 Å². The monoisotopic (exact) mass is 421 g/mol. The first-order chi connectivity index (χ1) is 13.3. The number of nitrogens with one attached hydrogen (secondary N) is 1. The quantitative estimate of drug-likeness (QED) is 0.629. The van der Waals surface area contributed by atoms with Gasteiger partial charge in [-0.3, -0.25) is 4.79 Å². The third-order valence-corrected chi connectivity index (χ3v) is 4.60. The van der Waals surface area contributed by atoms with Crippen LogP contribution in [0.3, 0.4) is 0 Å². The van der Waals surface area contributed by atoms with E-state index in [2.05, 4.69) is 5.32 Å². The largest absolute Gasteiger partial charge is 0.435 e. The number of hydrogen-bond acceptors (Lipinski definition) is 1. The maximum atomic E-state index is 14.0. The van der Waals surface area contributed by atoms with Gasteiger partial charge in [0.1, 0.15) is 0 Å². The van der Waals surface area contributed by atoms with Crippen molar-refractivity contribution in [2.45, 2.75) is 38.3 Å². The summed E-state index contributed by atoms with van der Waals surface area (Å²) in [6.07, 6.45) is -11.9. The first-order valence-electron chi connectivity index (χ1n) is 8.54. The minimum atomic E-state index is -6.19. The van der Waals surface area contributed by atoms with Crippen LogP contribution in [0.4, 0.5) is 30.7 Å². The van der Waals surface area contributed by atoms with Crippen LogP contribution in [0.2, 0.25) is 0 Å². The topological polar surface area (TPSA) is 29.1 Å². The van der Waals surface area contributed by atoms with Crippen LogP contribution in [0.15, 0.2) is 42.5 Å². The molecule has 0 saturated heterocycles. The van der Waals surface area contributed by atoms with Crippen molar-refractivity contribution in [1.29, 1.82) is 0 Å². The number of alkyl halides is 7. The summed E-state index contributed by atoms with van der Waals surface area (Å²) < 4.78 is 90.5. The Morgan fingerprint density at radius 1 is 0.828 bits per heavy atom. The van der Waals surface area contributed by atoms with E-state index in [4.69, 9.17) is 0 Å². The Hall–Kier alpha value is -2.58. The molecule has 2 aromatic carbocycles. The Bertz CT molecular complexity index is 856. The number of aryl methyl sites for hydroxylation is 2. The molecule has 1 amide bonds. The van der Waals surface area contributed by atoms with E-state index in [9.17, 15) is 35.5 Å². The van der Waals surface area contributed by atoms with E-state index in [1.54, 1.807) is 0 Å². The van der Waals surface area contributed by atoms with Gasteiger partial charge in [0.2, 0.25) is 0 Å². The van der Waals surface area contributed by atoms with Crippen LogP contribution >= 0.6 is 0 Å². The van der Waals surface area contributed by atoms with Crippen molar-refractivity contribution in [3.05, 3.63) is 70.3 Å². The van der Waals surface area contributed by atoms with Gasteiger partial charge >= 0.3 is 18.0 Å². The molecule has 9 heteroatoms. The van der Waals surface area contributed by atoms with Gasteiger partial charge in [-0.2, -0.15) is 26.3 Å². The third kappa shape index (κ3) is 4.71. The molecule has 2 nitrogen and oxygen atoms in total. The van der Waals surface area contributed by atoms with E-state index in [0.717, 1.165) is 28.8 Å². The number of carbonyl (C=O) groups excluding carboxylic acids is 1. The number of carbonyl (C=O) groups is 1. The van der Waals surface area contributed by atoms with E-state index in [1.807, 2.05) is 32.0 Å². The molecule has 0 radical (unpaired) electrons. The predicted molar refractivity (Wildman–Crippen MR) is 93.3 cm³/mol. The summed E-state index contributed by atoms with van der Waals surface area (Å²) in [7, 11) is 0. The summed E-state index contributed by atoms with van der Waals surface area (Å²) in [4.78, 5) is 12.1. The highest BCUT2D eigenvalue weighted by Gasteiger charge is 2.73. The smallest absolute Gasteiger partial charge is 0.352 e. The van der Waals surface area contributed by atoms with Crippen molar-refractivity contribution in [3.8, 4) is 0 Å². The van der Waals surface area contributed by atoms with Crippen LogP contribution in [0.1, 0.15) is 32.6 Å². The lowest BCUT2D eigenvalue weighted by Crippen LogP contribution is -2.50. The fourth-order valence-electron chi connectivity index (χ4n) is 2.72. The fraction of sp³-hybridized carbons (Fsp3) is 0.350. The minimum Gasteiger partial charge on any atom is -0.352 e. The molecule has 2 rings (SSSR count). The molecule has 0 unspecified atom stereocenters. The fourth-order valence-corrected chi connectivity index (χ4v) is 2.72. The average Bonchev–Trinajstić information content (AvgIpc) is 2.62. The van der Waals surface area contributed by atoms with Gasteiger partial charge in [0.05, 0.1) is 0 Å². The second kappa shape index (κ2) is 8.04. The second-order valence-corrected chi connectivity index (χ2v) is 6.66. The van der Waals surface area contributed by atoms with Gasteiger partial charge in [0.15, 0.2) is 0 Å². The average molecular weight is 421 g/mol. The molecule has 0 heterocycles. The standard InChI is InChI=1S/C20H18F7NO/c1-12-3-4-14(11-13(12)2)9-10-28-17(29)15-5-7-16(8-6-15)18(21,19(22,23)24)20(25,26)27/h3-8,11H,9-10H2,1-2H3,(H,28,29). The van der Waals surface area contributed by atoms with Gasteiger partial charge in [-0.05, 0) is 49.1 Å². The van der Waals surface area contributed by atoms with Gasteiger partial charge < -0.3 is 5.32 Å². The summed E-state index contributed by atoms with van der Waals surface area (Å²) in [6.45, 7) is 4.10. The Labute approximate surface area is 162 Å². The van der Waals surface area contributed by atoms with Crippen molar-refractivity contribution in [2.24, 2.45) is 0 Å². The Kier molecular flexibility index (Phi) is 6.30. The van der Waals surface area contributed by atoms with Crippen LogP contribution in [-0.4, -0.2) is 24.8 Å². The molecule has 0 aliphatic heterocycles. The van der Waals surface area contributed by atoms with Gasteiger partial charge in [0, 0.05) is 17.7 Å². The molecule has 158 valence electrons. The van der Waals surface area contributed by atoms with E-state index in [-0.39, 0.29) is 12.1 Å².